The van der Waals surface area contributed by atoms with E-state index >= 15 is 0 Å². The molecule has 1 rings (SSSR count). The highest BCUT2D eigenvalue weighted by molar-refractivity contribution is 7.86. The first-order chi connectivity index (χ1) is 8.85. The van der Waals surface area contributed by atoms with Gasteiger partial charge >= 0.3 is 10.1 Å². The van der Waals surface area contributed by atoms with E-state index in [0.717, 1.165) is 18.2 Å². The Bertz CT molecular complexity index is 513. The van der Waals surface area contributed by atoms with E-state index in [2.05, 4.69) is 19.2 Å². The summed E-state index contributed by atoms with van der Waals surface area (Å²) < 4.78 is 32.4. The van der Waals surface area contributed by atoms with Gasteiger partial charge in [0.2, 0.25) is 0 Å². The van der Waals surface area contributed by atoms with Crippen LogP contribution in [-0.2, 0) is 16.7 Å². The lowest BCUT2D eigenvalue weighted by Crippen LogP contribution is -2.24. The molecule has 1 aromatic rings. The van der Waals surface area contributed by atoms with Crippen LogP contribution in [0.2, 0.25) is 0 Å². The Morgan fingerprint density at radius 3 is 2.53 bits per heavy atom. The van der Waals surface area contributed by atoms with E-state index in [1.807, 2.05) is 6.07 Å². The van der Waals surface area contributed by atoms with Crippen molar-refractivity contribution in [2.24, 2.45) is 0 Å². The lowest BCUT2D eigenvalue weighted by atomic mass is 10.2. The van der Waals surface area contributed by atoms with E-state index in [0.29, 0.717) is 18.3 Å². The second-order valence-corrected chi connectivity index (χ2v) is 6.04. The van der Waals surface area contributed by atoms with Crippen LogP contribution in [0.1, 0.15) is 25.8 Å². The van der Waals surface area contributed by atoms with Gasteiger partial charge in [0.15, 0.2) is 11.5 Å². The van der Waals surface area contributed by atoms with Crippen LogP contribution in [0.25, 0.3) is 0 Å². The number of hydrogen-bond acceptors (Lipinski definition) is 5. The maximum Gasteiger partial charge on any atom is 0.306 e. The van der Waals surface area contributed by atoms with Crippen LogP contribution < -0.4 is 14.2 Å². The van der Waals surface area contributed by atoms with Crippen LogP contribution in [0.15, 0.2) is 18.2 Å². The monoisotopic (exact) mass is 287 g/mol. The third-order valence-electron chi connectivity index (χ3n) is 2.74. The van der Waals surface area contributed by atoms with Crippen molar-refractivity contribution < 1.29 is 17.3 Å². The van der Waals surface area contributed by atoms with Crippen molar-refractivity contribution >= 4 is 10.1 Å². The molecule has 5 nitrogen and oxygen atoms in total. The third kappa shape index (κ3) is 5.48. The minimum atomic E-state index is -3.56. The molecule has 1 aromatic carbocycles. The Labute approximate surface area is 115 Å². The van der Waals surface area contributed by atoms with Gasteiger partial charge < -0.3 is 14.2 Å². The Hall–Kier alpha value is -1.27. The second-order valence-electron chi connectivity index (χ2n) is 4.46. The molecule has 6 heteroatoms. The molecule has 0 aliphatic carbocycles. The molecule has 0 bridgehead atoms. The third-order valence-corrected chi connectivity index (χ3v) is 3.22. The highest BCUT2D eigenvalue weighted by Gasteiger charge is 2.11. The SMILES string of the molecule is CC[C@@H](C)NCc1ccc(OC)c(OS(C)(=O)=O)c1. The predicted octanol–water partition coefficient (Wildman–Crippen LogP) is 1.92. The summed E-state index contributed by atoms with van der Waals surface area (Å²) in [6.45, 7) is 4.85. The van der Waals surface area contributed by atoms with Crippen LogP contribution in [0.5, 0.6) is 11.5 Å². The Balaban J connectivity index is 2.89. The van der Waals surface area contributed by atoms with E-state index in [1.165, 1.54) is 7.11 Å². The topological polar surface area (TPSA) is 64.6 Å². The number of nitrogens with one attached hydrogen (secondary N) is 1. The van der Waals surface area contributed by atoms with Crippen LogP contribution in [0, 0.1) is 0 Å². The van der Waals surface area contributed by atoms with Crippen molar-refractivity contribution in [3.63, 3.8) is 0 Å². The fourth-order valence-corrected chi connectivity index (χ4v) is 1.95. The van der Waals surface area contributed by atoms with Crippen molar-refractivity contribution in [2.75, 3.05) is 13.4 Å². The highest BCUT2D eigenvalue weighted by atomic mass is 32.2. The van der Waals surface area contributed by atoms with Gasteiger partial charge in [0.25, 0.3) is 0 Å². The standard InChI is InChI=1S/C13H21NO4S/c1-5-10(2)14-9-11-6-7-12(17-3)13(8-11)18-19(4,15)16/h6-8,10,14H,5,9H2,1-4H3/t10-/m1/s1. The lowest BCUT2D eigenvalue weighted by Gasteiger charge is -2.13. The lowest BCUT2D eigenvalue weighted by molar-refractivity contribution is 0.391. The molecule has 0 aliphatic rings. The molecule has 0 unspecified atom stereocenters. The number of ether oxygens (including phenoxy) is 1. The predicted molar refractivity (Wildman–Crippen MR) is 75.1 cm³/mol. The average Bonchev–Trinajstić information content (AvgIpc) is 2.34. The molecular formula is C13H21NO4S. The molecule has 1 atom stereocenters. The molecule has 0 saturated heterocycles. The summed E-state index contributed by atoms with van der Waals surface area (Å²) in [5, 5.41) is 3.33. The first kappa shape index (κ1) is 15.8. The summed E-state index contributed by atoms with van der Waals surface area (Å²) in [4.78, 5) is 0. The molecule has 0 saturated carbocycles. The Kier molecular flexibility index (Phi) is 5.62. The summed E-state index contributed by atoms with van der Waals surface area (Å²) in [6.07, 6.45) is 2.04. The molecule has 0 aliphatic heterocycles. The molecule has 0 aromatic heterocycles. The number of hydrogen-bond donors (Lipinski definition) is 1. The largest absolute Gasteiger partial charge is 0.493 e. The van der Waals surface area contributed by atoms with E-state index in [9.17, 15) is 8.42 Å². The Morgan fingerprint density at radius 2 is 2.00 bits per heavy atom. The molecule has 0 spiro atoms. The van der Waals surface area contributed by atoms with Gasteiger partial charge in [-0.2, -0.15) is 8.42 Å². The van der Waals surface area contributed by atoms with Crippen molar-refractivity contribution in [3.8, 4) is 11.5 Å². The minimum Gasteiger partial charge on any atom is -0.493 e. The molecule has 0 radical (unpaired) electrons. The average molecular weight is 287 g/mol. The molecule has 0 amide bonds. The van der Waals surface area contributed by atoms with Gasteiger partial charge in [0.05, 0.1) is 13.4 Å². The zero-order valence-corrected chi connectivity index (χ0v) is 12.6. The summed E-state index contributed by atoms with van der Waals surface area (Å²) in [7, 11) is -2.09. The first-order valence-corrected chi connectivity index (χ1v) is 7.97. The smallest absolute Gasteiger partial charge is 0.306 e. The van der Waals surface area contributed by atoms with Crippen molar-refractivity contribution in [2.45, 2.75) is 32.9 Å². The van der Waals surface area contributed by atoms with Crippen molar-refractivity contribution in [1.29, 1.82) is 0 Å². The Morgan fingerprint density at radius 1 is 1.32 bits per heavy atom. The van der Waals surface area contributed by atoms with E-state index in [-0.39, 0.29) is 5.75 Å². The number of methoxy groups -OCH3 is 1. The van der Waals surface area contributed by atoms with Gasteiger partial charge in [-0.3, -0.25) is 0 Å². The van der Waals surface area contributed by atoms with Gasteiger partial charge in [-0.15, -0.1) is 0 Å². The van der Waals surface area contributed by atoms with Crippen molar-refractivity contribution in [1.82, 2.24) is 5.32 Å². The van der Waals surface area contributed by atoms with Gasteiger partial charge in [-0.1, -0.05) is 13.0 Å². The molecule has 0 fully saturated rings. The van der Waals surface area contributed by atoms with Crippen LogP contribution >= 0.6 is 0 Å². The summed E-state index contributed by atoms with van der Waals surface area (Å²) in [5.74, 6) is 0.617. The zero-order valence-electron chi connectivity index (χ0n) is 11.8. The zero-order chi connectivity index (χ0) is 14.5. The fourth-order valence-electron chi connectivity index (χ4n) is 1.50. The van der Waals surface area contributed by atoms with E-state index in [4.69, 9.17) is 8.92 Å². The molecule has 0 heterocycles. The normalized spacial score (nSPS) is 13.1. The van der Waals surface area contributed by atoms with Crippen LogP contribution in [-0.4, -0.2) is 27.8 Å². The summed E-state index contributed by atoms with van der Waals surface area (Å²) in [5.41, 5.74) is 0.944. The van der Waals surface area contributed by atoms with Crippen molar-refractivity contribution in [3.05, 3.63) is 23.8 Å². The molecule has 19 heavy (non-hydrogen) atoms. The van der Waals surface area contributed by atoms with Gasteiger partial charge in [-0.05, 0) is 31.0 Å². The van der Waals surface area contributed by atoms with Crippen LogP contribution in [0.4, 0.5) is 0 Å². The fraction of sp³-hybridized carbons (Fsp3) is 0.538. The quantitative estimate of drug-likeness (QED) is 0.776. The van der Waals surface area contributed by atoms with Crippen LogP contribution in [0.3, 0.4) is 0 Å². The maximum atomic E-state index is 11.2. The second kappa shape index (κ2) is 6.77. The number of rotatable bonds is 7. The van der Waals surface area contributed by atoms with Gasteiger partial charge in [-0.25, -0.2) is 0 Å². The molecule has 108 valence electrons. The highest BCUT2D eigenvalue weighted by Crippen LogP contribution is 2.29. The van der Waals surface area contributed by atoms with Gasteiger partial charge in [0.1, 0.15) is 0 Å². The minimum absolute atomic E-state index is 0.216. The summed E-state index contributed by atoms with van der Waals surface area (Å²) in [6, 6.07) is 5.66. The van der Waals surface area contributed by atoms with E-state index in [1.54, 1.807) is 12.1 Å². The molecule has 1 N–H and O–H groups in total. The maximum absolute atomic E-state index is 11.2. The first-order valence-electron chi connectivity index (χ1n) is 6.15. The molecular weight excluding hydrogens is 266 g/mol. The van der Waals surface area contributed by atoms with E-state index < -0.39 is 10.1 Å². The summed E-state index contributed by atoms with van der Waals surface area (Å²) >= 11 is 0. The van der Waals surface area contributed by atoms with Gasteiger partial charge in [0, 0.05) is 12.6 Å². The number of benzene rings is 1.